The van der Waals surface area contributed by atoms with E-state index >= 15 is 0 Å². The molecule has 0 amide bonds. The van der Waals surface area contributed by atoms with E-state index in [1.807, 2.05) is 0 Å². The van der Waals surface area contributed by atoms with Gasteiger partial charge in [-0.25, -0.2) is 0 Å². The average molecular weight is 240 g/mol. The minimum atomic E-state index is 0.329. The molecule has 0 radical (unpaired) electrons. The van der Waals surface area contributed by atoms with Gasteiger partial charge in [-0.3, -0.25) is 0 Å². The van der Waals surface area contributed by atoms with Gasteiger partial charge in [0.25, 0.3) is 0 Å². The predicted molar refractivity (Wildman–Crippen MR) is 71.3 cm³/mol. The molecule has 1 aliphatic heterocycles. The van der Waals surface area contributed by atoms with E-state index in [9.17, 15) is 0 Å². The lowest BCUT2D eigenvalue weighted by molar-refractivity contribution is 0.169. The van der Waals surface area contributed by atoms with Gasteiger partial charge in [-0.2, -0.15) is 0 Å². The molecule has 2 rings (SSSR count). The molecule has 2 aliphatic rings. The topological polar surface area (TPSA) is 33.3 Å². The molecule has 1 aliphatic carbocycles. The van der Waals surface area contributed by atoms with Crippen LogP contribution < -0.4 is 10.6 Å². The number of nitrogens with one attached hydrogen (secondary N) is 2. The van der Waals surface area contributed by atoms with Crippen LogP contribution in [-0.4, -0.2) is 38.9 Å². The van der Waals surface area contributed by atoms with E-state index in [1.54, 1.807) is 7.11 Å². The summed E-state index contributed by atoms with van der Waals surface area (Å²) in [7, 11) is 1.80. The highest BCUT2D eigenvalue weighted by atomic mass is 16.5. The fourth-order valence-electron chi connectivity index (χ4n) is 2.88. The van der Waals surface area contributed by atoms with Crippen molar-refractivity contribution in [1.29, 1.82) is 0 Å². The van der Waals surface area contributed by atoms with Crippen LogP contribution in [0.15, 0.2) is 0 Å². The monoisotopic (exact) mass is 240 g/mol. The van der Waals surface area contributed by atoms with Crippen molar-refractivity contribution in [1.82, 2.24) is 10.6 Å². The molecule has 0 aromatic carbocycles. The van der Waals surface area contributed by atoms with Crippen LogP contribution in [0.3, 0.4) is 0 Å². The van der Waals surface area contributed by atoms with Crippen molar-refractivity contribution >= 4 is 0 Å². The van der Waals surface area contributed by atoms with Crippen molar-refractivity contribution < 1.29 is 4.74 Å². The third-order valence-corrected chi connectivity index (χ3v) is 4.52. The fraction of sp³-hybridized carbons (Fsp3) is 1.00. The molecule has 17 heavy (non-hydrogen) atoms. The summed E-state index contributed by atoms with van der Waals surface area (Å²) in [4.78, 5) is 0. The number of methoxy groups -OCH3 is 1. The number of piperidine rings is 1. The zero-order chi connectivity index (χ0) is 12.2. The molecule has 0 aromatic heterocycles. The largest absolute Gasteiger partial charge is 0.385 e. The molecule has 3 heteroatoms. The lowest BCUT2D eigenvalue weighted by atomic mass is 9.90. The smallest absolute Gasteiger partial charge is 0.0468 e. The summed E-state index contributed by atoms with van der Waals surface area (Å²) < 4.78 is 5.19. The summed E-state index contributed by atoms with van der Waals surface area (Å²) in [5.41, 5.74) is 0.899. The zero-order valence-electron chi connectivity index (χ0n) is 11.5. The van der Waals surface area contributed by atoms with Gasteiger partial charge in [0.05, 0.1) is 0 Å². The van der Waals surface area contributed by atoms with Gasteiger partial charge in [0.15, 0.2) is 0 Å². The Balaban J connectivity index is 1.65. The summed E-state index contributed by atoms with van der Waals surface area (Å²) in [6, 6.07) is 0. The number of hydrogen-bond acceptors (Lipinski definition) is 3. The lowest BCUT2D eigenvalue weighted by Gasteiger charge is -2.35. The molecule has 0 spiro atoms. The summed E-state index contributed by atoms with van der Waals surface area (Å²) in [6.45, 7) is 6.74. The second kappa shape index (κ2) is 5.68. The molecule has 2 fully saturated rings. The van der Waals surface area contributed by atoms with Crippen LogP contribution in [0.5, 0.6) is 0 Å². The van der Waals surface area contributed by atoms with E-state index in [0.29, 0.717) is 11.0 Å². The molecule has 100 valence electrons. The van der Waals surface area contributed by atoms with Crippen LogP contribution in [0.1, 0.15) is 45.4 Å². The average Bonchev–Trinajstić information content (AvgIpc) is 3.08. The Labute approximate surface area is 106 Å². The van der Waals surface area contributed by atoms with Gasteiger partial charge in [-0.15, -0.1) is 0 Å². The molecule has 1 atom stereocenters. The van der Waals surface area contributed by atoms with Crippen LogP contribution in [0.2, 0.25) is 0 Å². The molecular formula is C14H28N2O. The predicted octanol–water partition coefficient (Wildman–Crippen LogP) is 1.92. The van der Waals surface area contributed by atoms with E-state index in [-0.39, 0.29) is 0 Å². The SMILES string of the molecule is COCCC1(CNCC2(C)CCCCN2)CC1. The van der Waals surface area contributed by atoms with Crippen LogP contribution in [0.25, 0.3) is 0 Å². The lowest BCUT2D eigenvalue weighted by Crippen LogP contribution is -2.53. The Bertz CT molecular complexity index is 232. The standard InChI is InChI=1S/C14H28N2O/c1-13(5-3-4-9-16-13)11-15-12-14(6-7-14)8-10-17-2/h15-16H,3-12H2,1-2H3. The molecule has 0 aromatic rings. The summed E-state index contributed by atoms with van der Waals surface area (Å²) in [5.74, 6) is 0. The van der Waals surface area contributed by atoms with Crippen molar-refractivity contribution in [3.05, 3.63) is 0 Å². The van der Waals surface area contributed by atoms with E-state index < -0.39 is 0 Å². The first-order chi connectivity index (χ1) is 8.18. The third-order valence-electron chi connectivity index (χ3n) is 4.52. The Morgan fingerprint density at radius 3 is 2.59 bits per heavy atom. The Morgan fingerprint density at radius 2 is 2.00 bits per heavy atom. The first-order valence-corrected chi connectivity index (χ1v) is 7.13. The van der Waals surface area contributed by atoms with Crippen molar-refractivity contribution in [2.24, 2.45) is 5.41 Å². The second-order valence-electron chi connectivity index (χ2n) is 6.29. The first-order valence-electron chi connectivity index (χ1n) is 7.13. The summed E-state index contributed by atoms with van der Waals surface area (Å²) in [6.07, 6.45) is 8.01. The van der Waals surface area contributed by atoms with Gasteiger partial charge in [0.1, 0.15) is 0 Å². The Hall–Kier alpha value is -0.120. The van der Waals surface area contributed by atoms with Crippen molar-refractivity contribution in [2.75, 3.05) is 33.4 Å². The highest BCUT2D eigenvalue weighted by Gasteiger charge is 2.41. The van der Waals surface area contributed by atoms with E-state index in [0.717, 1.165) is 13.2 Å². The Morgan fingerprint density at radius 1 is 1.18 bits per heavy atom. The van der Waals surface area contributed by atoms with Crippen molar-refractivity contribution in [3.63, 3.8) is 0 Å². The van der Waals surface area contributed by atoms with Crippen molar-refractivity contribution in [3.8, 4) is 0 Å². The highest BCUT2D eigenvalue weighted by Crippen LogP contribution is 2.48. The third kappa shape index (κ3) is 3.94. The highest BCUT2D eigenvalue weighted by molar-refractivity contribution is 4.96. The maximum absolute atomic E-state index is 5.19. The van der Waals surface area contributed by atoms with Gasteiger partial charge in [-0.05, 0) is 51.0 Å². The zero-order valence-corrected chi connectivity index (χ0v) is 11.5. The van der Waals surface area contributed by atoms with Crippen LogP contribution in [0.4, 0.5) is 0 Å². The van der Waals surface area contributed by atoms with Crippen LogP contribution in [0, 0.1) is 5.41 Å². The minimum absolute atomic E-state index is 0.329. The minimum Gasteiger partial charge on any atom is -0.385 e. The van der Waals surface area contributed by atoms with E-state index in [4.69, 9.17) is 4.74 Å². The fourth-order valence-corrected chi connectivity index (χ4v) is 2.88. The maximum Gasteiger partial charge on any atom is 0.0468 e. The number of rotatable bonds is 7. The first kappa shape index (κ1) is 13.3. The van der Waals surface area contributed by atoms with Crippen LogP contribution >= 0.6 is 0 Å². The molecule has 1 heterocycles. The van der Waals surface area contributed by atoms with E-state index in [1.165, 1.54) is 51.6 Å². The normalized spacial score (nSPS) is 31.4. The van der Waals surface area contributed by atoms with E-state index in [2.05, 4.69) is 17.6 Å². The molecule has 3 nitrogen and oxygen atoms in total. The quantitative estimate of drug-likeness (QED) is 0.713. The molecule has 1 unspecified atom stereocenters. The van der Waals surface area contributed by atoms with Crippen molar-refractivity contribution in [2.45, 2.75) is 51.0 Å². The van der Waals surface area contributed by atoms with Gasteiger partial charge < -0.3 is 15.4 Å². The molecule has 2 N–H and O–H groups in total. The second-order valence-corrected chi connectivity index (χ2v) is 6.29. The number of hydrogen-bond donors (Lipinski definition) is 2. The van der Waals surface area contributed by atoms with Crippen LogP contribution in [-0.2, 0) is 4.74 Å². The Kier molecular flexibility index (Phi) is 4.45. The molecule has 1 saturated carbocycles. The van der Waals surface area contributed by atoms with Gasteiger partial charge in [0.2, 0.25) is 0 Å². The van der Waals surface area contributed by atoms with Gasteiger partial charge >= 0.3 is 0 Å². The number of ether oxygens (including phenoxy) is 1. The van der Waals surface area contributed by atoms with Gasteiger partial charge in [0, 0.05) is 32.3 Å². The molecular weight excluding hydrogens is 212 g/mol. The summed E-state index contributed by atoms with van der Waals surface area (Å²) >= 11 is 0. The maximum atomic E-state index is 5.19. The molecule has 1 saturated heterocycles. The summed E-state index contributed by atoms with van der Waals surface area (Å²) in [5, 5.41) is 7.35. The molecule has 0 bridgehead atoms. The van der Waals surface area contributed by atoms with Gasteiger partial charge in [-0.1, -0.05) is 6.42 Å².